The number of ether oxygens (including phenoxy) is 2. The lowest BCUT2D eigenvalue weighted by Gasteiger charge is -2.33. The molecule has 0 aromatic heterocycles. The van der Waals surface area contributed by atoms with Crippen molar-refractivity contribution in [3.8, 4) is 0 Å². The number of nitrogens with one attached hydrogen (secondary N) is 1. The maximum Gasteiger partial charge on any atom is 0.248 e. The van der Waals surface area contributed by atoms with Gasteiger partial charge in [-0.05, 0) is 31.8 Å². The SMILES string of the molecule is COCC(=O)N1CCC(NCC2CCC=CO2)CC1. The smallest absolute Gasteiger partial charge is 0.248 e. The molecule has 0 bridgehead atoms. The molecule has 2 aliphatic rings. The molecular formula is C14H24N2O3. The highest BCUT2D eigenvalue weighted by Gasteiger charge is 2.23. The van der Waals surface area contributed by atoms with E-state index in [0.717, 1.165) is 45.3 Å². The van der Waals surface area contributed by atoms with Crippen LogP contribution in [0.4, 0.5) is 0 Å². The van der Waals surface area contributed by atoms with Gasteiger partial charge in [-0.3, -0.25) is 4.79 Å². The maximum absolute atomic E-state index is 11.7. The number of carbonyl (C=O) groups excluding carboxylic acids is 1. The summed E-state index contributed by atoms with van der Waals surface area (Å²) in [6.45, 7) is 2.75. The Morgan fingerprint density at radius 3 is 2.84 bits per heavy atom. The molecule has 1 N–H and O–H groups in total. The summed E-state index contributed by atoms with van der Waals surface area (Å²) in [5.74, 6) is 0.0988. The molecule has 0 saturated carbocycles. The van der Waals surface area contributed by atoms with Gasteiger partial charge < -0.3 is 19.7 Å². The van der Waals surface area contributed by atoms with E-state index in [-0.39, 0.29) is 12.5 Å². The second kappa shape index (κ2) is 7.50. The fourth-order valence-electron chi connectivity index (χ4n) is 2.58. The van der Waals surface area contributed by atoms with Crippen LogP contribution in [0.5, 0.6) is 0 Å². The minimum atomic E-state index is 0.0988. The Hall–Kier alpha value is -1.07. The first kappa shape index (κ1) is 14.3. The third kappa shape index (κ3) is 4.51. The largest absolute Gasteiger partial charge is 0.497 e. The predicted molar refractivity (Wildman–Crippen MR) is 72.7 cm³/mol. The number of carbonyl (C=O) groups is 1. The van der Waals surface area contributed by atoms with E-state index in [1.165, 1.54) is 0 Å². The minimum absolute atomic E-state index is 0.0988. The zero-order valence-corrected chi connectivity index (χ0v) is 11.6. The van der Waals surface area contributed by atoms with Crippen molar-refractivity contribution in [3.63, 3.8) is 0 Å². The molecule has 1 fully saturated rings. The zero-order chi connectivity index (χ0) is 13.5. The molecule has 1 amide bonds. The van der Waals surface area contributed by atoms with Gasteiger partial charge in [0.25, 0.3) is 0 Å². The van der Waals surface area contributed by atoms with E-state index in [1.54, 1.807) is 7.11 Å². The van der Waals surface area contributed by atoms with Gasteiger partial charge in [0, 0.05) is 32.8 Å². The summed E-state index contributed by atoms with van der Waals surface area (Å²) in [4.78, 5) is 13.6. The number of likely N-dealkylation sites (tertiary alicyclic amines) is 1. The Morgan fingerprint density at radius 1 is 1.42 bits per heavy atom. The van der Waals surface area contributed by atoms with Crippen LogP contribution in [0.15, 0.2) is 12.3 Å². The third-order valence-electron chi connectivity index (χ3n) is 3.77. The summed E-state index contributed by atoms with van der Waals surface area (Å²) in [6, 6.07) is 0.501. The molecule has 0 aromatic carbocycles. The average molecular weight is 268 g/mol. The van der Waals surface area contributed by atoms with Crippen LogP contribution in [0.25, 0.3) is 0 Å². The minimum Gasteiger partial charge on any atom is -0.497 e. The van der Waals surface area contributed by atoms with Crippen LogP contribution in [0, 0.1) is 0 Å². The van der Waals surface area contributed by atoms with E-state index in [1.807, 2.05) is 11.2 Å². The van der Waals surface area contributed by atoms with Crippen LogP contribution in [-0.4, -0.2) is 56.3 Å². The van der Waals surface area contributed by atoms with E-state index < -0.39 is 0 Å². The molecule has 19 heavy (non-hydrogen) atoms. The third-order valence-corrected chi connectivity index (χ3v) is 3.77. The Balaban J connectivity index is 1.63. The molecule has 2 heterocycles. The lowest BCUT2D eigenvalue weighted by atomic mass is 10.0. The molecular weight excluding hydrogens is 244 g/mol. The number of nitrogens with zero attached hydrogens (tertiary/aromatic N) is 1. The van der Waals surface area contributed by atoms with Crippen LogP contribution >= 0.6 is 0 Å². The van der Waals surface area contributed by atoms with E-state index in [0.29, 0.717) is 12.1 Å². The van der Waals surface area contributed by atoms with Crippen molar-refractivity contribution in [3.05, 3.63) is 12.3 Å². The summed E-state index contributed by atoms with van der Waals surface area (Å²) in [5.41, 5.74) is 0. The lowest BCUT2D eigenvalue weighted by molar-refractivity contribution is -0.136. The van der Waals surface area contributed by atoms with Crippen molar-refractivity contribution in [2.45, 2.75) is 37.8 Å². The Labute approximate surface area is 114 Å². The summed E-state index contributed by atoms with van der Waals surface area (Å²) in [5, 5.41) is 3.55. The molecule has 5 heteroatoms. The molecule has 0 radical (unpaired) electrons. The molecule has 5 nitrogen and oxygen atoms in total. The average Bonchev–Trinajstić information content (AvgIpc) is 2.47. The van der Waals surface area contributed by atoms with Crippen LogP contribution in [0.2, 0.25) is 0 Å². The van der Waals surface area contributed by atoms with Gasteiger partial charge in [-0.15, -0.1) is 0 Å². The Morgan fingerprint density at radius 2 is 2.21 bits per heavy atom. The van der Waals surface area contributed by atoms with Gasteiger partial charge >= 0.3 is 0 Å². The number of methoxy groups -OCH3 is 1. The van der Waals surface area contributed by atoms with Crippen molar-refractivity contribution in [2.75, 3.05) is 33.4 Å². The molecule has 0 aromatic rings. The fourth-order valence-corrected chi connectivity index (χ4v) is 2.58. The molecule has 2 rings (SSSR count). The van der Waals surface area contributed by atoms with Gasteiger partial charge in [0.2, 0.25) is 5.91 Å². The first-order valence-electron chi connectivity index (χ1n) is 7.10. The van der Waals surface area contributed by atoms with Crippen LogP contribution in [0.1, 0.15) is 25.7 Å². The number of rotatable bonds is 5. The Kier molecular flexibility index (Phi) is 5.66. The highest BCUT2D eigenvalue weighted by molar-refractivity contribution is 5.77. The zero-order valence-electron chi connectivity index (χ0n) is 11.6. The number of hydrogen-bond acceptors (Lipinski definition) is 4. The van der Waals surface area contributed by atoms with E-state index in [4.69, 9.17) is 9.47 Å². The summed E-state index contributed by atoms with van der Waals surface area (Å²) < 4.78 is 10.4. The van der Waals surface area contributed by atoms with Crippen LogP contribution in [0.3, 0.4) is 0 Å². The second-order valence-electron chi connectivity index (χ2n) is 5.20. The maximum atomic E-state index is 11.7. The molecule has 2 aliphatic heterocycles. The highest BCUT2D eigenvalue weighted by Crippen LogP contribution is 2.13. The normalized spacial score (nSPS) is 24.3. The van der Waals surface area contributed by atoms with Crippen molar-refractivity contribution >= 4 is 5.91 Å². The van der Waals surface area contributed by atoms with Gasteiger partial charge in [0.05, 0.1) is 6.26 Å². The van der Waals surface area contributed by atoms with Gasteiger partial charge in [0.15, 0.2) is 0 Å². The van der Waals surface area contributed by atoms with E-state index in [2.05, 4.69) is 11.4 Å². The Bertz CT molecular complexity index is 312. The van der Waals surface area contributed by atoms with Crippen LogP contribution in [-0.2, 0) is 14.3 Å². The van der Waals surface area contributed by atoms with Gasteiger partial charge in [0.1, 0.15) is 12.7 Å². The molecule has 108 valence electrons. The molecule has 1 saturated heterocycles. The first-order chi connectivity index (χ1) is 9.29. The monoisotopic (exact) mass is 268 g/mol. The van der Waals surface area contributed by atoms with Crippen molar-refractivity contribution < 1.29 is 14.3 Å². The van der Waals surface area contributed by atoms with Gasteiger partial charge in [-0.25, -0.2) is 0 Å². The number of allylic oxidation sites excluding steroid dienone is 1. The van der Waals surface area contributed by atoms with Gasteiger partial charge in [-0.2, -0.15) is 0 Å². The standard InChI is InChI=1S/C14H24N2O3/c1-18-11-14(17)16-7-5-12(6-8-16)15-10-13-4-2-3-9-19-13/h3,9,12-13,15H,2,4-8,10-11H2,1H3. The predicted octanol–water partition coefficient (Wildman–Crippen LogP) is 0.906. The summed E-state index contributed by atoms with van der Waals surface area (Å²) >= 11 is 0. The fraction of sp³-hybridized carbons (Fsp3) is 0.786. The summed E-state index contributed by atoms with van der Waals surface area (Å²) in [6.07, 6.45) is 8.40. The first-order valence-corrected chi connectivity index (χ1v) is 7.10. The van der Waals surface area contributed by atoms with Crippen molar-refractivity contribution in [2.24, 2.45) is 0 Å². The van der Waals surface area contributed by atoms with Crippen molar-refractivity contribution in [1.29, 1.82) is 0 Å². The van der Waals surface area contributed by atoms with Crippen molar-refractivity contribution in [1.82, 2.24) is 10.2 Å². The number of amides is 1. The quantitative estimate of drug-likeness (QED) is 0.805. The highest BCUT2D eigenvalue weighted by atomic mass is 16.5. The second-order valence-corrected chi connectivity index (χ2v) is 5.20. The topological polar surface area (TPSA) is 50.8 Å². The molecule has 0 aliphatic carbocycles. The number of hydrogen-bond donors (Lipinski definition) is 1. The van der Waals surface area contributed by atoms with E-state index >= 15 is 0 Å². The van der Waals surface area contributed by atoms with Crippen LogP contribution < -0.4 is 5.32 Å². The van der Waals surface area contributed by atoms with Gasteiger partial charge in [-0.1, -0.05) is 0 Å². The molecule has 0 spiro atoms. The van der Waals surface area contributed by atoms with E-state index in [9.17, 15) is 4.79 Å². The number of piperidine rings is 1. The lowest BCUT2D eigenvalue weighted by Crippen LogP contribution is -2.47. The molecule has 1 unspecified atom stereocenters. The summed E-state index contributed by atoms with van der Waals surface area (Å²) in [7, 11) is 1.56. The molecule has 1 atom stereocenters.